The predicted molar refractivity (Wildman–Crippen MR) is 51.5 cm³/mol. The lowest BCUT2D eigenvalue weighted by Crippen LogP contribution is -2.04. The Morgan fingerprint density at radius 1 is 1.27 bits per heavy atom. The van der Waals surface area contributed by atoms with Crippen LogP contribution in [0.4, 0.5) is 5.69 Å². The van der Waals surface area contributed by atoms with Crippen LogP contribution >= 0.6 is 12.8 Å². The molecule has 0 unspecified atom stereocenters. The molecule has 3 N–H and O–H groups in total. The minimum absolute atomic E-state index is 0.813. The zero-order chi connectivity index (χ0) is 8.10. The Morgan fingerprint density at radius 3 is 2.45 bits per heavy atom. The first kappa shape index (κ1) is 8.43. The minimum atomic E-state index is 0.813. The molecule has 1 aromatic carbocycles. The topological polar surface area (TPSA) is 38.0 Å². The van der Waals surface area contributed by atoms with Crippen molar-refractivity contribution in [3.05, 3.63) is 29.8 Å². The quantitative estimate of drug-likeness (QED) is 0.469. The summed E-state index contributed by atoms with van der Waals surface area (Å²) in [6.45, 7) is 0.882. The molecule has 11 heavy (non-hydrogen) atoms. The molecule has 0 amide bonds. The highest BCUT2D eigenvalue weighted by Gasteiger charge is 1.90. The van der Waals surface area contributed by atoms with E-state index in [0.29, 0.717) is 0 Å². The number of nitrogen functional groups attached to an aromatic ring is 1. The summed E-state index contributed by atoms with van der Waals surface area (Å²) in [5.74, 6) is 0. The van der Waals surface area contributed by atoms with Gasteiger partial charge in [0.15, 0.2) is 0 Å². The molecule has 2 nitrogen and oxygen atoms in total. The molecule has 1 aromatic rings. The summed E-state index contributed by atoms with van der Waals surface area (Å²) < 4.78 is 2.79. The van der Waals surface area contributed by atoms with E-state index in [4.69, 9.17) is 5.73 Å². The van der Waals surface area contributed by atoms with E-state index in [1.807, 2.05) is 24.3 Å². The third kappa shape index (κ3) is 2.82. The number of rotatable bonds is 3. The highest BCUT2D eigenvalue weighted by Crippen LogP contribution is 2.05. The second-order valence-corrected chi connectivity index (χ2v) is 2.72. The molecular weight excluding hydrogens is 156 g/mol. The molecule has 0 spiro atoms. The molecule has 0 aliphatic carbocycles. The van der Waals surface area contributed by atoms with E-state index in [-0.39, 0.29) is 0 Å². The Bertz CT molecular complexity index is 208. The van der Waals surface area contributed by atoms with Gasteiger partial charge in [0.1, 0.15) is 0 Å². The van der Waals surface area contributed by atoms with E-state index < -0.39 is 0 Å². The minimum Gasteiger partial charge on any atom is -0.399 e. The van der Waals surface area contributed by atoms with E-state index in [2.05, 4.69) is 17.5 Å². The average molecular weight is 168 g/mol. The maximum atomic E-state index is 5.52. The lowest BCUT2D eigenvalue weighted by atomic mass is 10.1. The monoisotopic (exact) mass is 168 g/mol. The summed E-state index contributed by atoms with van der Waals surface area (Å²) in [4.78, 5) is 0. The maximum Gasteiger partial charge on any atom is 0.0314 e. The van der Waals surface area contributed by atoms with Crippen LogP contribution in [0, 0.1) is 0 Å². The van der Waals surface area contributed by atoms with Crippen molar-refractivity contribution in [2.24, 2.45) is 0 Å². The molecule has 1 rings (SSSR count). The van der Waals surface area contributed by atoms with Crippen molar-refractivity contribution in [2.75, 3.05) is 12.3 Å². The van der Waals surface area contributed by atoms with E-state index in [9.17, 15) is 0 Å². The van der Waals surface area contributed by atoms with Crippen LogP contribution in [-0.4, -0.2) is 6.54 Å². The number of nitrogens with two attached hydrogens (primary N) is 1. The van der Waals surface area contributed by atoms with Crippen LogP contribution in [-0.2, 0) is 6.42 Å². The number of benzene rings is 1. The SMILES string of the molecule is Nc1ccc(CCNS)cc1. The van der Waals surface area contributed by atoms with E-state index in [0.717, 1.165) is 18.7 Å². The fourth-order valence-corrected chi connectivity index (χ4v) is 0.996. The van der Waals surface area contributed by atoms with Gasteiger partial charge in [-0.05, 0) is 24.1 Å². The first-order valence-corrected chi connectivity index (χ1v) is 3.99. The Kier molecular flexibility index (Phi) is 3.26. The van der Waals surface area contributed by atoms with E-state index >= 15 is 0 Å². The summed E-state index contributed by atoms with van der Waals surface area (Å²) in [7, 11) is 0. The van der Waals surface area contributed by atoms with Crippen LogP contribution in [0.5, 0.6) is 0 Å². The molecule has 0 fully saturated rings. The third-order valence-electron chi connectivity index (χ3n) is 1.51. The van der Waals surface area contributed by atoms with Gasteiger partial charge < -0.3 is 5.73 Å². The summed E-state index contributed by atoms with van der Waals surface area (Å²) in [5.41, 5.74) is 7.62. The van der Waals surface area contributed by atoms with Crippen LogP contribution < -0.4 is 10.5 Å². The average Bonchev–Trinajstić information content (AvgIpc) is 2.04. The zero-order valence-corrected chi connectivity index (χ0v) is 7.14. The van der Waals surface area contributed by atoms with Gasteiger partial charge in [-0.1, -0.05) is 24.9 Å². The molecule has 0 saturated heterocycles. The van der Waals surface area contributed by atoms with Gasteiger partial charge in [-0.3, -0.25) is 4.72 Å². The first-order valence-electron chi connectivity index (χ1n) is 3.54. The summed E-state index contributed by atoms with van der Waals surface area (Å²) in [6, 6.07) is 7.88. The van der Waals surface area contributed by atoms with Gasteiger partial charge in [-0.2, -0.15) is 0 Å². The van der Waals surface area contributed by atoms with Gasteiger partial charge in [0.25, 0.3) is 0 Å². The van der Waals surface area contributed by atoms with Gasteiger partial charge in [-0.25, -0.2) is 0 Å². The zero-order valence-electron chi connectivity index (χ0n) is 6.25. The van der Waals surface area contributed by atoms with Crippen LogP contribution in [0.1, 0.15) is 5.56 Å². The van der Waals surface area contributed by atoms with Crippen LogP contribution in [0.3, 0.4) is 0 Å². The lowest BCUT2D eigenvalue weighted by Gasteiger charge is -1.99. The van der Waals surface area contributed by atoms with Gasteiger partial charge in [-0.15, -0.1) is 0 Å². The van der Waals surface area contributed by atoms with Gasteiger partial charge >= 0.3 is 0 Å². The Hall–Kier alpha value is -0.670. The molecule has 60 valence electrons. The molecule has 0 atom stereocenters. The third-order valence-corrected chi connectivity index (χ3v) is 1.73. The van der Waals surface area contributed by atoms with E-state index in [1.54, 1.807) is 0 Å². The van der Waals surface area contributed by atoms with Crippen molar-refractivity contribution in [3.8, 4) is 0 Å². The molecule has 0 aromatic heterocycles. The molecule has 0 saturated carbocycles. The summed E-state index contributed by atoms with van der Waals surface area (Å²) in [6.07, 6.45) is 0.990. The maximum absolute atomic E-state index is 5.52. The molecule has 0 radical (unpaired) electrons. The summed E-state index contributed by atoms with van der Waals surface area (Å²) in [5, 5.41) is 0. The molecule has 3 heteroatoms. The second kappa shape index (κ2) is 4.26. The Morgan fingerprint density at radius 2 is 1.91 bits per heavy atom. The smallest absolute Gasteiger partial charge is 0.0314 e. The number of hydrogen-bond donors (Lipinski definition) is 3. The predicted octanol–water partition coefficient (Wildman–Crippen LogP) is 1.25. The molecule has 0 heterocycles. The highest BCUT2D eigenvalue weighted by molar-refractivity contribution is 7.78. The summed E-state index contributed by atoms with van der Waals surface area (Å²) >= 11 is 3.90. The first-order chi connectivity index (χ1) is 5.33. The van der Waals surface area contributed by atoms with Crippen molar-refractivity contribution >= 4 is 18.5 Å². The van der Waals surface area contributed by atoms with E-state index in [1.165, 1.54) is 5.56 Å². The van der Waals surface area contributed by atoms with Crippen molar-refractivity contribution in [2.45, 2.75) is 6.42 Å². The fraction of sp³-hybridized carbons (Fsp3) is 0.250. The number of thiol groups is 1. The van der Waals surface area contributed by atoms with Gasteiger partial charge in [0.2, 0.25) is 0 Å². The molecule has 0 bridgehead atoms. The van der Waals surface area contributed by atoms with Gasteiger partial charge in [0, 0.05) is 12.2 Å². The molecular formula is C8H12N2S. The van der Waals surface area contributed by atoms with Crippen LogP contribution in [0.15, 0.2) is 24.3 Å². The lowest BCUT2D eigenvalue weighted by molar-refractivity contribution is 0.914. The van der Waals surface area contributed by atoms with Crippen LogP contribution in [0.2, 0.25) is 0 Å². The fourth-order valence-electron chi connectivity index (χ4n) is 0.885. The highest BCUT2D eigenvalue weighted by atomic mass is 32.1. The standard InChI is InChI=1S/C8H12N2S/c9-8-3-1-7(2-4-8)5-6-10-11/h1-4,10-11H,5-6,9H2. The number of hydrogen-bond acceptors (Lipinski definition) is 3. The normalized spacial score (nSPS) is 9.91. The van der Waals surface area contributed by atoms with Gasteiger partial charge in [0.05, 0.1) is 0 Å². The number of anilines is 1. The van der Waals surface area contributed by atoms with Crippen molar-refractivity contribution in [1.29, 1.82) is 0 Å². The molecule has 0 aliphatic heterocycles. The molecule has 0 aliphatic rings. The number of nitrogens with one attached hydrogen (secondary N) is 1. The second-order valence-electron chi connectivity index (χ2n) is 2.40. The Balaban J connectivity index is 2.52. The van der Waals surface area contributed by atoms with Crippen molar-refractivity contribution in [1.82, 2.24) is 4.72 Å². The van der Waals surface area contributed by atoms with Crippen molar-refractivity contribution < 1.29 is 0 Å². The van der Waals surface area contributed by atoms with Crippen LogP contribution in [0.25, 0.3) is 0 Å². The largest absolute Gasteiger partial charge is 0.399 e. The van der Waals surface area contributed by atoms with Crippen molar-refractivity contribution in [3.63, 3.8) is 0 Å². The Labute approximate surface area is 72.3 Å².